The first-order valence-electron chi connectivity index (χ1n) is 11.0. The Morgan fingerprint density at radius 3 is 2.64 bits per heavy atom. The van der Waals surface area contributed by atoms with Crippen LogP contribution in [0, 0.1) is 18.3 Å². The molecular formula is C24H28N4O5. The van der Waals surface area contributed by atoms with Gasteiger partial charge >= 0.3 is 0 Å². The van der Waals surface area contributed by atoms with Crippen molar-refractivity contribution in [2.45, 2.75) is 26.3 Å². The number of nitrogens with zero attached hydrogens (tertiary/aromatic N) is 4. The Labute approximate surface area is 192 Å². The molecule has 2 aliphatic rings. The average Bonchev–Trinajstić information content (AvgIpc) is 3.58. The Kier molecular flexibility index (Phi) is 6.88. The number of fused-ring (bicyclic) bond motifs is 1. The van der Waals surface area contributed by atoms with Crippen molar-refractivity contribution in [3.63, 3.8) is 0 Å². The van der Waals surface area contributed by atoms with E-state index < -0.39 is 0 Å². The van der Waals surface area contributed by atoms with Crippen LogP contribution in [-0.2, 0) is 17.8 Å². The van der Waals surface area contributed by atoms with E-state index in [0.717, 1.165) is 39.0 Å². The molecule has 33 heavy (non-hydrogen) atoms. The largest absolute Gasteiger partial charge is 0.483 e. The second-order valence-electron chi connectivity index (χ2n) is 8.70. The smallest absolute Gasteiger partial charge is 0.290 e. The van der Waals surface area contributed by atoms with Gasteiger partial charge < -0.3 is 18.8 Å². The van der Waals surface area contributed by atoms with Crippen LogP contribution in [0.1, 0.15) is 34.3 Å². The molecule has 0 saturated carbocycles. The number of carbonyl (C=O) groups is 2. The summed E-state index contributed by atoms with van der Waals surface area (Å²) in [7, 11) is 0. The summed E-state index contributed by atoms with van der Waals surface area (Å²) in [6.45, 7) is 5.59. The molecule has 0 bridgehead atoms. The Balaban J connectivity index is 0.000000821. The lowest BCUT2D eigenvalue weighted by molar-refractivity contribution is -0.122. The fourth-order valence-electron chi connectivity index (χ4n) is 5.11. The van der Waals surface area contributed by atoms with Crippen molar-refractivity contribution in [3.05, 3.63) is 71.8 Å². The van der Waals surface area contributed by atoms with Crippen LogP contribution in [0.3, 0.4) is 0 Å². The maximum absolute atomic E-state index is 12.9. The van der Waals surface area contributed by atoms with E-state index in [9.17, 15) is 4.79 Å². The molecule has 1 N–H and O–H groups in total. The van der Waals surface area contributed by atoms with Gasteiger partial charge in [0.2, 0.25) is 11.8 Å². The quantitative estimate of drug-likeness (QED) is 0.568. The van der Waals surface area contributed by atoms with Gasteiger partial charge in [-0.2, -0.15) is 0 Å². The van der Waals surface area contributed by atoms with Crippen LogP contribution < -0.4 is 0 Å². The van der Waals surface area contributed by atoms with Crippen LogP contribution in [0.15, 0.2) is 57.6 Å². The predicted molar refractivity (Wildman–Crippen MR) is 118 cm³/mol. The second-order valence-corrected chi connectivity index (χ2v) is 8.70. The molecule has 2 saturated heterocycles. The highest BCUT2D eigenvalue weighted by atomic mass is 16.4. The molecule has 0 aliphatic carbocycles. The first-order chi connectivity index (χ1) is 16.0. The second kappa shape index (κ2) is 9.99. The monoisotopic (exact) mass is 452 g/mol. The molecule has 9 heteroatoms. The number of rotatable bonds is 6. The summed E-state index contributed by atoms with van der Waals surface area (Å²) in [6, 6.07) is 14.1. The molecule has 3 aromatic rings. The van der Waals surface area contributed by atoms with Crippen molar-refractivity contribution < 1.29 is 23.5 Å². The molecule has 4 heterocycles. The first-order valence-corrected chi connectivity index (χ1v) is 11.0. The lowest BCUT2D eigenvalue weighted by Gasteiger charge is -2.29. The highest BCUT2D eigenvalue weighted by Crippen LogP contribution is 2.46. The van der Waals surface area contributed by atoms with Gasteiger partial charge in [-0.3, -0.25) is 14.5 Å². The number of benzene rings is 1. The number of carbonyl (C=O) groups excluding carboxylic acids is 1. The third-order valence-corrected chi connectivity index (χ3v) is 6.53. The number of amides is 1. The van der Waals surface area contributed by atoms with E-state index in [-0.39, 0.29) is 17.8 Å². The number of hydrogen-bond donors (Lipinski definition) is 1. The van der Waals surface area contributed by atoms with E-state index >= 15 is 0 Å². The van der Waals surface area contributed by atoms with E-state index in [0.29, 0.717) is 30.0 Å². The van der Waals surface area contributed by atoms with Gasteiger partial charge in [0.25, 0.3) is 12.4 Å². The van der Waals surface area contributed by atoms with E-state index in [1.165, 1.54) is 5.56 Å². The third-order valence-electron chi connectivity index (χ3n) is 6.53. The van der Waals surface area contributed by atoms with Crippen molar-refractivity contribution in [1.82, 2.24) is 20.0 Å². The zero-order valence-corrected chi connectivity index (χ0v) is 18.6. The van der Waals surface area contributed by atoms with Crippen molar-refractivity contribution in [2.75, 3.05) is 26.2 Å². The van der Waals surface area contributed by atoms with Gasteiger partial charge in [-0.1, -0.05) is 30.3 Å². The Morgan fingerprint density at radius 1 is 1.18 bits per heavy atom. The number of aryl methyl sites for hydroxylation is 2. The van der Waals surface area contributed by atoms with Crippen molar-refractivity contribution in [1.29, 1.82) is 0 Å². The summed E-state index contributed by atoms with van der Waals surface area (Å²) in [6.07, 6.45) is 3.61. The Bertz CT molecular complexity index is 1050. The number of hydrogen-bond acceptors (Lipinski definition) is 7. The predicted octanol–water partition coefficient (Wildman–Crippen LogP) is 2.88. The highest BCUT2D eigenvalue weighted by Gasteiger charge is 2.53. The molecule has 174 valence electrons. The van der Waals surface area contributed by atoms with Gasteiger partial charge in [0.15, 0.2) is 5.76 Å². The van der Waals surface area contributed by atoms with E-state index in [4.69, 9.17) is 18.7 Å². The molecule has 2 aliphatic heterocycles. The molecule has 0 unspecified atom stereocenters. The van der Waals surface area contributed by atoms with Crippen LogP contribution in [0.4, 0.5) is 0 Å². The normalized spacial score (nSPS) is 22.0. The maximum Gasteiger partial charge on any atom is 0.290 e. The SMILES string of the molecule is Cc1nnc(CN2C[C@H]3CN(C(=O)c4ccco4)C[C@@]3(CCc3ccccc3)C2)o1.O=CO. The average molecular weight is 453 g/mol. The topological polar surface area (TPSA) is 113 Å². The van der Waals surface area contributed by atoms with Crippen molar-refractivity contribution in [3.8, 4) is 0 Å². The van der Waals surface area contributed by atoms with Crippen LogP contribution >= 0.6 is 0 Å². The van der Waals surface area contributed by atoms with Gasteiger partial charge in [0, 0.05) is 38.5 Å². The van der Waals surface area contributed by atoms with Gasteiger partial charge in [-0.05, 0) is 36.5 Å². The lowest BCUT2D eigenvalue weighted by Crippen LogP contribution is -2.37. The molecule has 9 nitrogen and oxygen atoms in total. The molecule has 5 rings (SSSR count). The van der Waals surface area contributed by atoms with Crippen molar-refractivity contribution in [2.24, 2.45) is 11.3 Å². The zero-order valence-electron chi connectivity index (χ0n) is 18.6. The summed E-state index contributed by atoms with van der Waals surface area (Å²) in [5, 5.41) is 15.0. The Morgan fingerprint density at radius 2 is 1.97 bits per heavy atom. The Hall–Kier alpha value is -3.46. The minimum absolute atomic E-state index is 0.00689. The molecule has 1 aromatic carbocycles. The molecule has 1 amide bonds. The summed E-state index contributed by atoms with van der Waals surface area (Å²) < 4.78 is 11.0. The molecule has 2 aromatic heterocycles. The van der Waals surface area contributed by atoms with Crippen LogP contribution in [0.25, 0.3) is 0 Å². The fraction of sp³-hybridized carbons (Fsp3) is 0.417. The van der Waals surface area contributed by atoms with Crippen molar-refractivity contribution >= 4 is 12.4 Å². The molecular weight excluding hydrogens is 424 g/mol. The minimum atomic E-state index is -0.250. The van der Waals surface area contributed by atoms with Gasteiger partial charge in [0.1, 0.15) is 0 Å². The summed E-state index contributed by atoms with van der Waals surface area (Å²) in [4.78, 5) is 25.7. The van der Waals surface area contributed by atoms with Crippen LogP contribution in [0.5, 0.6) is 0 Å². The maximum atomic E-state index is 12.9. The summed E-state index contributed by atoms with van der Waals surface area (Å²) in [5.41, 5.74) is 1.40. The van der Waals surface area contributed by atoms with Gasteiger partial charge in [0.05, 0.1) is 12.8 Å². The molecule has 0 radical (unpaired) electrons. The van der Waals surface area contributed by atoms with Gasteiger partial charge in [-0.15, -0.1) is 10.2 Å². The third kappa shape index (κ3) is 5.14. The number of carboxylic acid groups (broad SMARTS) is 1. The summed E-state index contributed by atoms with van der Waals surface area (Å²) in [5.74, 6) is 2.09. The number of likely N-dealkylation sites (tertiary alicyclic amines) is 2. The number of furan rings is 1. The van der Waals surface area contributed by atoms with E-state index in [1.54, 1.807) is 18.4 Å². The lowest BCUT2D eigenvalue weighted by atomic mass is 9.76. The first kappa shape index (κ1) is 22.7. The van der Waals surface area contributed by atoms with E-state index in [1.807, 2.05) is 17.9 Å². The highest BCUT2D eigenvalue weighted by molar-refractivity contribution is 5.91. The molecule has 0 spiro atoms. The number of aromatic nitrogens is 2. The van der Waals surface area contributed by atoms with Crippen LogP contribution in [-0.4, -0.2) is 63.7 Å². The minimum Gasteiger partial charge on any atom is -0.483 e. The van der Waals surface area contributed by atoms with Gasteiger partial charge in [-0.25, -0.2) is 0 Å². The zero-order chi connectivity index (χ0) is 23.3. The molecule has 2 atom stereocenters. The van der Waals surface area contributed by atoms with E-state index in [2.05, 4.69) is 39.4 Å². The standard InChI is InChI=1S/C23H26N4O3.CH2O2/c1-17-24-25-21(30-17)14-26-12-19-13-27(22(28)20-8-5-11-29-20)16-23(19,15-26)10-9-18-6-3-2-4-7-18;2-1-3/h2-8,11,19H,9-10,12-16H2,1H3;1H,(H,2,3)/t19-,23+;/m0./s1. The fourth-order valence-corrected chi connectivity index (χ4v) is 5.11. The molecule has 2 fully saturated rings. The van der Waals surface area contributed by atoms with Crippen LogP contribution in [0.2, 0.25) is 0 Å². The summed E-state index contributed by atoms with van der Waals surface area (Å²) >= 11 is 0.